The summed E-state index contributed by atoms with van der Waals surface area (Å²) in [6.07, 6.45) is 6.37. The minimum atomic E-state index is -0.0881. The molecule has 0 aliphatic heterocycles. The number of nitrogens with zero attached hydrogens (tertiary/aromatic N) is 4. The van der Waals surface area contributed by atoms with Gasteiger partial charge >= 0.3 is 0 Å². The fraction of sp³-hybridized carbons (Fsp3) is 0.769. The van der Waals surface area contributed by atoms with Crippen LogP contribution < -0.4 is 5.73 Å². The number of aromatic nitrogens is 4. The van der Waals surface area contributed by atoms with E-state index < -0.39 is 0 Å². The highest BCUT2D eigenvalue weighted by molar-refractivity contribution is 7.16. The van der Waals surface area contributed by atoms with Gasteiger partial charge in [-0.15, -0.1) is 10.2 Å². The highest BCUT2D eigenvalue weighted by Crippen LogP contribution is 2.33. The third-order valence-electron chi connectivity index (χ3n) is 4.07. The number of nitrogens with two attached hydrogens (primary N) is 1. The third kappa shape index (κ3) is 2.27. The van der Waals surface area contributed by atoms with Crippen molar-refractivity contribution in [2.24, 2.45) is 5.73 Å². The molecule has 0 unspecified atom stereocenters. The molecular weight excluding hydrogens is 258 g/mol. The summed E-state index contributed by atoms with van der Waals surface area (Å²) in [4.78, 5) is 0.900. The molecular formula is C13H21N5S. The van der Waals surface area contributed by atoms with Crippen LogP contribution in [0.1, 0.15) is 62.7 Å². The van der Waals surface area contributed by atoms with Crippen molar-refractivity contribution in [3.8, 4) is 0 Å². The first kappa shape index (κ1) is 13.0. The van der Waals surface area contributed by atoms with Crippen LogP contribution in [-0.4, -0.2) is 26.4 Å². The SMILES string of the molecule is CC(C)(CN)c1nn2c(C3CCCCC3)nnc2s1. The van der Waals surface area contributed by atoms with Gasteiger partial charge in [0.2, 0.25) is 4.96 Å². The lowest BCUT2D eigenvalue weighted by Crippen LogP contribution is -2.28. The molecule has 2 heterocycles. The molecule has 2 N–H and O–H groups in total. The van der Waals surface area contributed by atoms with Crippen molar-refractivity contribution in [1.29, 1.82) is 0 Å². The van der Waals surface area contributed by atoms with Crippen LogP contribution >= 0.6 is 11.3 Å². The lowest BCUT2D eigenvalue weighted by molar-refractivity contribution is 0.421. The van der Waals surface area contributed by atoms with Crippen LogP contribution in [0.5, 0.6) is 0 Å². The molecule has 19 heavy (non-hydrogen) atoms. The summed E-state index contributed by atoms with van der Waals surface area (Å²) in [5.41, 5.74) is 5.74. The largest absolute Gasteiger partial charge is 0.330 e. The van der Waals surface area contributed by atoms with Gasteiger partial charge in [-0.2, -0.15) is 9.61 Å². The van der Waals surface area contributed by atoms with Crippen molar-refractivity contribution >= 4 is 16.3 Å². The van der Waals surface area contributed by atoms with Crippen molar-refractivity contribution in [2.75, 3.05) is 6.54 Å². The first-order valence-corrected chi connectivity index (χ1v) is 7.86. The molecule has 104 valence electrons. The lowest BCUT2D eigenvalue weighted by Gasteiger charge is -2.19. The van der Waals surface area contributed by atoms with Crippen molar-refractivity contribution in [3.63, 3.8) is 0 Å². The smallest absolute Gasteiger partial charge is 0.234 e. The Morgan fingerprint density at radius 1 is 1.26 bits per heavy atom. The van der Waals surface area contributed by atoms with E-state index in [1.54, 1.807) is 11.3 Å². The van der Waals surface area contributed by atoms with E-state index in [0.29, 0.717) is 12.5 Å². The Balaban J connectivity index is 1.98. The summed E-state index contributed by atoms with van der Waals surface area (Å²) in [5.74, 6) is 1.57. The van der Waals surface area contributed by atoms with E-state index >= 15 is 0 Å². The fourth-order valence-corrected chi connectivity index (χ4v) is 3.57. The average molecular weight is 279 g/mol. The van der Waals surface area contributed by atoms with E-state index in [-0.39, 0.29) is 5.41 Å². The predicted octanol–water partition coefficient (Wildman–Crippen LogP) is 2.47. The molecule has 1 saturated carbocycles. The second kappa shape index (κ2) is 4.83. The normalized spacial score (nSPS) is 18.3. The number of hydrogen-bond donors (Lipinski definition) is 1. The summed E-state index contributed by atoms with van der Waals surface area (Å²) < 4.78 is 1.95. The molecule has 0 bridgehead atoms. The molecule has 0 radical (unpaired) electrons. The van der Waals surface area contributed by atoms with E-state index in [4.69, 9.17) is 10.8 Å². The molecule has 5 nitrogen and oxygen atoms in total. The number of fused-ring (bicyclic) bond motifs is 1. The van der Waals surface area contributed by atoms with Gasteiger partial charge in [0, 0.05) is 17.9 Å². The van der Waals surface area contributed by atoms with Gasteiger partial charge < -0.3 is 5.73 Å². The van der Waals surface area contributed by atoms with Gasteiger partial charge in [0.05, 0.1) is 0 Å². The molecule has 3 rings (SSSR count). The quantitative estimate of drug-likeness (QED) is 0.937. The molecule has 1 aliphatic carbocycles. The van der Waals surface area contributed by atoms with Crippen LogP contribution in [0.2, 0.25) is 0 Å². The maximum absolute atomic E-state index is 5.83. The zero-order valence-corrected chi connectivity index (χ0v) is 12.4. The Labute approximate surface area is 117 Å². The van der Waals surface area contributed by atoms with Crippen molar-refractivity contribution in [3.05, 3.63) is 10.8 Å². The molecule has 0 atom stereocenters. The van der Waals surface area contributed by atoms with E-state index in [2.05, 4.69) is 24.0 Å². The van der Waals surface area contributed by atoms with E-state index in [1.165, 1.54) is 32.1 Å². The maximum Gasteiger partial charge on any atom is 0.234 e. The number of hydrogen-bond acceptors (Lipinski definition) is 5. The highest BCUT2D eigenvalue weighted by atomic mass is 32.1. The van der Waals surface area contributed by atoms with Crippen LogP contribution in [0.3, 0.4) is 0 Å². The van der Waals surface area contributed by atoms with Crippen molar-refractivity contribution in [1.82, 2.24) is 19.8 Å². The Kier molecular flexibility index (Phi) is 3.30. The molecule has 1 aliphatic rings. The van der Waals surface area contributed by atoms with Gasteiger partial charge in [0.15, 0.2) is 5.82 Å². The predicted molar refractivity (Wildman–Crippen MR) is 76.6 cm³/mol. The average Bonchev–Trinajstić information content (AvgIpc) is 2.99. The Morgan fingerprint density at radius 3 is 2.68 bits per heavy atom. The molecule has 6 heteroatoms. The van der Waals surface area contributed by atoms with Gasteiger partial charge in [0.25, 0.3) is 0 Å². The van der Waals surface area contributed by atoms with Gasteiger partial charge in [-0.3, -0.25) is 0 Å². The second-order valence-corrected chi connectivity index (χ2v) is 7.04. The molecule has 0 saturated heterocycles. The number of rotatable bonds is 3. The second-order valence-electron chi connectivity index (χ2n) is 6.08. The lowest BCUT2D eigenvalue weighted by atomic mass is 9.89. The Hall–Kier alpha value is -1.01. The van der Waals surface area contributed by atoms with Crippen LogP contribution in [0, 0.1) is 0 Å². The maximum atomic E-state index is 5.83. The summed E-state index contributed by atoms with van der Waals surface area (Å²) >= 11 is 1.61. The Morgan fingerprint density at radius 2 is 2.00 bits per heavy atom. The molecule has 0 aromatic carbocycles. The zero-order chi connectivity index (χ0) is 13.5. The van der Waals surface area contributed by atoms with Gasteiger partial charge in [0.1, 0.15) is 5.01 Å². The zero-order valence-electron chi connectivity index (χ0n) is 11.6. The van der Waals surface area contributed by atoms with Crippen molar-refractivity contribution < 1.29 is 0 Å². The molecule has 0 spiro atoms. The molecule has 0 amide bonds. The standard InChI is InChI=1S/C13H21N5S/c1-13(2,8-14)11-17-18-10(15-16-12(18)19-11)9-6-4-3-5-7-9/h9H,3-8,14H2,1-2H3. The van der Waals surface area contributed by atoms with Gasteiger partial charge in [-0.25, -0.2) is 0 Å². The summed E-state index contributed by atoms with van der Waals surface area (Å²) in [5, 5.41) is 14.4. The van der Waals surface area contributed by atoms with Crippen LogP contribution in [0.25, 0.3) is 4.96 Å². The third-order valence-corrected chi connectivity index (χ3v) is 5.34. The minimum absolute atomic E-state index is 0.0881. The summed E-state index contributed by atoms with van der Waals surface area (Å²) in [6, 6.07) is 0. The minimum Gasteiger partial charge on any atom is -0.330 e. The van der Waals surface area contributed by atoms with E-state index in [1.807, 2.05) is 4.52 Å². The summed E-state index contributed by atoms with van der Waals surface area (Å²) in [7, 11) is 0. The topological polar surface area (TPSA) is 69.1 Å². The van der Waals surface area contributed by atoms with E-state index in [9.17, 15) is 0 Å². The van der Waals surface area contributed by atoms with Crippen LogP contribution in [-0.2, 0) is 5.41 Å². The van der Waals surface area contributed by atoms with Gasteiger partial charge in [-0.1, -0.05) is 44.4 Å². The van der Waals surface area contributed by atoms with Crippen LogP contribution in [0.4, 0.5) is 0 Å². The molecule has 1 fully saturated rings. The first-order valence-electron chi connectivity index (χ1n) is 7.04. The molecule has 2 aromatic heterocycles. The first-order chi connectivity index (χ1) is 9.12. The summed E-state index contributed by atoms with van der Waals surface area (Å²) in [6.45, 7) is 4.84. The molecule has 2 aromatic rings. The van der Waals surface area contributed by atoms with Crippen molar-refractivity contribution in [2.45, 2.75) is 57.3 Å². The highest BCUT2D eigenvalue weighted by Gasteiger charge is 2.27. The van der Waals surface area contributed by atoms with Gasteiger partial charge in [-0.05, 0) is 12.8 Å². The monoisotopic (exact) mass is 279 g/mol. The van der Waals surface area contributed by atoms with E-state index in [0.717, 1.165) is 15.8 Å². The Bertz CT molecular complexity index is 565. The van der Waals surface area contributed by atoms with Crippen LogP contribution in [0.15, 0.2) is 0 Å². The fourth-order valence-electron chi connectivity index (χ4n) is 2.61.